The summed E-state index contributed by atoms with van der Waals surface area (Å²) < 4.78 is 6.61. The third-order valence-electron chi connectivity index (χ3n) is 4.76. The first-order valence-electron chi connectivity index (χ1n) is 10.6. The van der Waals surface area contributed by atoms with Crippen LogP contribution in [-0.4, -0.2) is 25.0 Å². The lowest BCUT2D eigenvalue weighted by Gasteiger charge is -2.21. The molecule has 0 radical (unpaired) electrons. The lowest BCUT2D eigenvalue weighted by atomic mass is 10.1. The summed E-state index contributed by atoms with van der Waals surface area (Å²) in [6, 6.07) is 21.8. The number of carbonyl (C=O) groups excluding carboxylic acids is 2. The number of para-hydroxylation sites is 1. The van der Waals surface area contributed by atoms with E-state index in [-0.39, 0.29) is 11.8 Å². The van der Waals surface area contributed by atoms with Crippen molar-refractivity contribution in [1.29, 1.82) is 0 Å². The predicted molar refractivity (Wildman–Crippen MR) is 133 cm³/mol. The zero-order valence-corrected chi connectivity index (χ0v) is 20.1. The highest BCUT2D eigenvalue weighted by Crippen LogP contribution is 2.25. The molecule has 32 heavy (non-hydrogen) atoms. The molecule has 0 aliphatic rings. The van der Waals surface area contributed by atoms with Crippen LogP contribution in [0.2, 0.25) is 0 Å². The number of amides is 2. The van der Waals surface area contributed by atoms with Gasteiger partial charge in [0, 0.05) is 28.0 Å². The standard InChI is InChI=1S/C26H27BrN2O3/c1-4-29(22-11-6-5-7-12-22)26(31)19-9-8-10-21(15-19)28-25(30)23-16-20(27)13-14-24(23)32-17-18(2)3/h5-16,18H,4,17H2,1-3H3,(H,28,30). The summed E-state index contributed by atoms with van der Waals surface area (Å²) in [6.07, 6.45) is 0. The van der Waals surface area contributed by atoms with Gasteiger partial charge in [-0.15, -0.1) is 0 Å². The van der Waals surface area contributed by atoms with E-state index in [0.29, 0.717) is 41.6 Å². The fourth-order valence-electron chi connectivity index (χ4n) is 3.20. The van der Waals surface area contributed by atoms with E-state index in [4.69, 9.17) is 4.74 Å². The summed E-state index contributed by atoms with van der Waals surface area (Å²) in [4.78, 5) is 27.8. The lowest BCUT2D eigenvalue weighted by molar-refractivity contribution is 0.0985. The molecule has 0 heterocycles. The van der Waals surface area contributed by atoms with Crippen molar-refractivity contribution < 1.29 is 14.3 Å². The number of anilines is 2. The normalized spacial score (nSPS) is 10.7. The molecule has 6 heteroatoms. The summed E-state index contributed by atoms with van der Waals surface area (Å²) in [7, 11) is 0. The van der Waals surface area contributed by atoms with Crippen molar-refractivity contribution in [1.82, 2.24) is 0 Å². The summed E-state index contributed by atoms with van der Waals surface area (Å²) in [5, 5.41) is 2.89. The van der Waals surface area contributed by atoms with E-state index in [1.54, 1.807) is 41.3 Å². The second-order valence-electron chi connectivity index (χ2n) is 7.77. The van der Waals surface area contributed by atoms with Crippen LogP contribution in [0.3, 0.4) is 0 Å². The first-order chi connectivity index (χ1) is 15.4. The van der Waals surface area contributed by atoms with E-state index in [1.165, 1.54) is 0 Å². The summed E-state index contributed by atoms with van der Waals surface area (Å²) in [6.45, 7) is 7.08. The molecule has 0 bridgehead atoms. The van der Waals surface area contributed by atoms with Gasteiger partial charge in [0.05, 0.1) is 12.2 Å². The molecular formula is C26H27BrN2O3. The Labute approximate surface area is 197 Å². The van der Waals surface area contributed by atoms with Crippen molar-refractivity contribution in [2.24, 2.45) is 5.92 Å². The molecule has 3 aromatic rings. The van der Waals surface area contributed by atoms with Gasteiger partial charge in [0.2, 0.25) is 0 Å². The van der Waals surface area contributed by atoms with Crippen molar-refractivity contribution in [2.75, 3.05) is 23.4 Å². The smallest absolute Gasteiger partial charge is 0.259 e. The molecule has 1 N–H and O–H groups in total. The number of ether oxygens (including phenoxy) is 1. The summed E-state index contributed by atoms with van der Waals surface area (Å²) >= 11 is 3.42. The maximum Gasteiger partial charge on any atom is 0.259 e. The molecule has 3 rings (SSSR count). The molecule has 0 spiro atoms. The van der Waals surface area contributed by atoms with Gasteiger partial charge in [-0.25, -0.2) is 0 Å². The van der Waals surface area contributed by atoms with Gasteiger partial charge in [0.15, 0.2) is 0 Å². The van der Waals surface area contributed by atoms with Crippen molar-refractivity contribution in [2.45, 2.75) is 20.8 Å². The number of carbonyl (C=O) groups is 2. The van der Waals surface area contributed by atoms with Gasteiger partial charge in [0.1, 0.15) is 5.75 Å². The van der Waals surface area contributed by atoms with Crippen molar-refractivity contribution in [3.8, 4) is 5.75 Å². The van der Waals surface area contributed by atoms with Crippen LogP contribution in [0.5, 0.6) is 5.75 Å². The van der Waals surface area contributed by atoms with Crippen LogP contribution in [0.15, 0.2) is 77.3 Å². The monoisotopic (exact) mass is 494 g/mol. The van der Waals surface area contributed by atoms with Gasteiger partial charge in [-0.3, -0.25) is 9.59 Å². The SMILES string of the molecule is CCN(C(=O)c1cccc(NC(=O)c2cc(Br)ccc2OCC(C)C)c1)c1ccccc1. The van der Waals surface area contributed by atoms with Crippen LogP contribution in [0.4, 0.5) is 11.4 Å². The van der Waals surface area contributed by atoms with Gasteiger partial charge in [-0.1, -0.05) is 54.0 Å². The number of nitrogens with zero attached hydrogens (tertiary/aromatic N) is 1. The molecule has 2 amide bonds. The third-order valence-corrected chi connectivity index (χ3v) is 5.25. The van der Waals surface area contributed by atoms with E-state index < -0.39 is 0 Å². The number of halogens is 1. The lowest BCUT2D eigenvalue weighted by Crippen LogP contribution is -2.30. The predicted octanol–water partition coefficient (Wildman–Crippen LogP) is 6.40. The first-order valence-corrected chi connectivity index (χ1v) is 11.4. The minimum atomic E-state index is -0.301. The Hall–Kier alpha value is -3.12. The highest BCUT2D eigenvalue weighted by atomic mass is 79.9. The molecule has 166 valence electrons. The summed E-state index contributed by atoms with van der Waals surface area (Å²) in [5.74, 6) is 0.430. The average molecular weight is 495 g/mol. The molecular weight excluding hydrogens is 468 g/mol. The third kappa shape index (κ3) is 5.98. The van der Waals surface area contributed by atoms with Crippen LogP contribution in [-0.2, 0) is 0 Å². The Morgan fingerprint density at radius 2 is 1.75 bits per heavy atom. The van der Waals surface area contributed by atoms with Crippen molar-refractivity contribution >= 4 is 39.1 Å². The highest BCUT2D eigenvalue weighted by molar-refractivity contribution is 9.10. The van der Waals surface area contributed by atoms with Gasteiger partial charge in [-0.2, -0.15) is 0 Å². The van der Waals surface area contributed by atoms with Gasteiger partial charge >= 0.3 is 0 Å². The molecule has 0 aromatic heterocycles. The molecule has 0 atom stereocenters. The van der Waals surface area contributed by atoms with Crippen LogP contribution < -0.4 is 15.0 Å². The fraction of sp³-hybridized carbons (Fsp3) is 0.231. The van der Waals surface area contributed by atoms with Crippen LogP contribution in [0.25, 0.3) is 0 Å². The van der Waals surface area contributed by atoms with Crippen molar-refractivity contribution in [3.63, 3.8) is 0 Å². The number of hydrogen-bond acceptors (Lipinski definition) is 3. The first kappa shape index (κ1) is 23.5. The van der Waals surface area contributed by atoms with Crippen LogP contribution in [0.1, 0.15) is 41.5 Å². The quantitative estimate of drug-likeness (QED) is 0.393. The van der Waals surface area contributed by atoms with E-state index >= 15 is 0 Å². The Bertz CT molecular complexity index is 1080. The molecule has 0 saturated carbocycles. The zero-order chi connectivity index (χ0) is 23.1. The number of hydrogen-bond donors (Lipinski definition) is 1. The van der Waals surface area contributed by atoms with Gasteiger partial charge in [-0.05, 0) is 61.4 Å². The number of nitrogens with one attached hydrogen (secondary N) is 1. The minimum Gasteiger partial charge on any atom is -0.492 e. The molecule has 0 unspecified atom stereocenters. The second-order valence-corrected chi connectivity index (χ2v) is 8.68. The second kappa shape index (κ2) is 11.0. The Morgan fingerprint density at radius 1 is 1.00 bits per heavy atom. The van der Waals surface area contributed by atoms with Gasteiger partial charge in [0.25, 0.3) is 11.8 Å². The molecule has 0 aliphatic heterocycles. The molecule has 0 aliphatic carbocycles. The Morgan fingerprint density at radius 3 is 2.44 bits per heavy atom. The molecule has 0 saturated heterocycles. The largest absolute Gasteiger partial charge is 0.492 e. The van der Waals surface area contributed by atoms with Gasteiger partial charge < -0.3 is 15.0 Å². The van der Waals surface area contributed by atoms with Crippen LogP contribution in [0, 0.1) is 5.92 Å². The Kier molecular flexibility index (Phi) is 8.06. The minimum absolute atomic E-state index is 0.127. The van der Waals surface area contributed by atoms with E-state index in [9.17, 15) is 9.59 Å². The van der Waals surface area contributed by atoms with Crippen molar-refractivity contribution in [3.05, 3.63) is 88.4 Å². The van der Waals surface area contributed by atoms with E-state index in [0.717, 1.165) is 10.2 Å². The van der Waals surface area contributed by atoms with Crippen LogP contribution >= 0.6 is 15.9 Å². The van der Waals surface area contributed by atoms with E-state index in [1.807, 2.05) is 43.3 Å². The number of rotatable bonds is 8. The molecule has 0 fully saturated rings. The Balaban J connectivity index is 1.81. The van der Waals surface area contributed by atoms with E-state index in [2.05, 4.69) is 35.1 Å². The number of benzene rings is 3. The topological polar surface area (TPSA) is 58.6 Å². The fourth-order valence-corrected chi connectivity index (χ4v) is 3.56. The summed E-state index contributed by atoms with van der Waals surface area (Å²) in [5.41, 5.74) is 2.30. The highest BCUT2D eigenvalue weighted by Gasteiger charge is 2.18. The zero-order valence-electron chi connectivity index (χ0n) is 18.5. The average Bonchev–Trinajstić information content (AvgIpc) is 2.79. The molecule has 5 nitrogen and oxygen atoms in total. The molecule has 3 aromatic carbocycles. The maximum atomic E-state index is 13.1. The maximum absolute atomic E-state index is 13.1.